The van der Waals surface area contributed by atoms with Crippen molar-refractivity contribution in [3.05, 3.63) is 34.9 Å². The Hall–Kier alpha value is -3.68. The molecule has 3 fully saturated rings. The van der Waals surface area contributed by atoms with Gasteiger partial charge in [-0.05, 0) is 56.7 Å². The van der Waals surface area contributed by atoms with E-state index in [1.165, 1.54) is 0 Å². The van der Waals surface area contributed by atoms with Gasteiger partial charge in [-0.1, -0.05) is 11.6 Å². The van der Waals surface area contributed by atoms with Gasteiger partial charge >= 0.3 is 6.01 Å². The minimum absolute atomic E-state index is 0.0101. The largest absolute Gasteiger partial charge is 0.461 e. The second-order valence-electron chi connectivity index (χ2n) is 13.2. The molecule has 3 aromatic heterocycles. The summed E-state index contributed by atoms with van der Waals surface area (Å²) in [5.41, 5.74) is 1.51. The molecule has 1 amide bonds. The van der Waals surface area contributed by atoms with Gasteiger partial charge in [0.15, 0.2) is 5.82 Å². The van der Waals surface area contributed by atoms with Crippen molar-refractivity contribution in [2.45, 2.75) is 75.2 Å². The maximum Gasteiger partial charge on any atom is 0.319 e. The van der Waals surface area contributed by atoms with Crippen molar-refractivity contribution < 1.29 is 23.4 Å². The molecule has 0 saturated carbocycles. The second kappa shape index (κ2) is 11.5. The van der Waals surface area contributed by atoms with Crippen LogP contribution in [0.1, 0.15) is 50.5 Å². The third kappa shape index (κ3) is 5.12. The Balaban J connectivity index is 1.30. The maximum absolute atomic E-state index is 17.0. The lowest BCUT2D eigenvalue weighted by Gasteiger charge is -2.37. The number of anilines is 1. The molecule has 2 unspecified atom stereocenters. The Morgan fingerprint density at radius 3 is 2.89 bits per heavy atom. The van der Waals surface area contributed by atoms with Crippen molar-refractivity contribution in [1.29, 1.82) is 0 Å². The monoisotopic (exact) mass is 652 g/mol. The number of carbonyl (C=O) groups is 1. The lowest BCUT2D eigenvalue weighted by Crippen LogP contribution is -2.53. The zero-order valence-corrected chi connectivity index (χ0v) is 26.0. The zero-order valence-electron chi connectivity index (χ0n) is 25.2. The van der Waals surface area contributed by atoms with Gasteiger partial charge in [0.05, 0.1) is 28.7 Å². The Labute approximate surface area is 268 Å². The first-order valence-electron chi connectivity index (χ1n) is 16.0. The summed E-state index contributed by atoms with van der Waals surface area (Å²) >= 11 is 6.79. The number of fused-ring (bicyclic) bond motifs is 8. The average Bonchev–Trinajstić information content (AvgIpc) is 3.72. The third-order valence-corrected chi connectivity index (χ3v) is 10.4. The Kier molecular flexibility index (Phi) is 7.45. The molecule has 5 aliphatic heterocycles. The number of aromatic amines is 1. The van der Waals surface area contributed by atoms with E-state index in [2.05, 4.69) is 30.4 Å². The van der Waals surface area contributed by atoms with Crippen LogP contribution in [-0.4, -0.2) is 97.7 Å². The summed E-state index contributed by atoms with van der Waals surface area (Å²) in [7, 11) is 0. The number of benzene rings is 1. The van der Waals surface area contributed by atoms with Crippen LogP contribution in [-0.2, 0) is 11.2 Å². The third-order valence-electron chi connectivity index (χ3n) is 10.1. The van der Waals surface area contributed by atoms with Crippen LogP contribution in [0.25, 0.3) is 33.1 Å². The molecule has 14 heteroatoms. The van der Waals surface area contributed by atoms with E-state index in [1.54, 1.807) is 18.5 Å². The predicted octanol–water partition coefficient (Wildman–Crippen LogP) is 4.10. The molecule has 6 bridgehead atoms. The van der Waals surface area contributed by atoms with Crippen molar-refractivity contribution >= 4 is 45.1 Å². The molecule has 11 nitrogen and oxygen atoms in total. The summed E-state index contributed by atoms with van der Waals surface area (Å²) in [5, 5.41) is 22.5. The highest BCUT2D eigenvalue weighted by molar-refractivity contribution is 6.33. The summed E-state index contributed by atoms with van der Waals surface area (Å²) < 4.78 is 37.7. The van der Waals surface area contributed by atoms with Crippen LogP contribution >= 0.6 is 11.6 Å². The fourth-order valence-corrected chi connectivity index (χ4v) is 8.30. The molecular weight excluding hydrogens is 618 g/mol. The average molecular weight is 653 g/mol. The number of pyridine rings is 1. The number of rotatable bonds is 3. The van der Waals surface area contributed by atoms with Gasteiger partial charge in [-0.25, -0.2) is 8.78 Å². The molecule has 8 heterocycles. The van der Waals surface area contributed by atoms with Gasteiger partial charge < -0.3 is 20.1 Å². The topological polar surface area (TPSA) is 132 Å². The van der Waals surface area contributed by atoms with E-state index in [9.17, 15) is 14.3 Å². The van der Waals surface area contributed by atoms with Gasteiger partial charge in [-0.3, -0.25) is 19.8 Å². The molecule has 1 aromatic carbocycles. The highest BCUT2D eigenvalue weighted by Crippen LogP contribution is 2.42. The van der Waals surface area contributed by atoms with E-state index < -0.39 is 23.6 Å². The highest BCUT2D eigenvalue weighted by Gasteiger charge is 2.49. The van der Waals surface area contributed by atoms with Crippen molar-refractivity contribution in [3.8, 4) is 17.3 Å². The van der Waals surface area contributed by atoms with Gasteiger partial charge in [-0.2, -0.15) is 15.1 Å². The maximum atomic E-state index is 17.0. The summed E-state index contributed by atoms with van der Waals surface area (Å²) in [6.07, 6.45) is 6.05. The van der Waals surface area contributed by atoms with Crippen LogP contribution in [0.15, 0.2) is 18.5 Å². The smallest absolute Gasteiger partial charge is 0.319 e. The lowest BCUT2D eigenvalue weighted by molar-refractivity contribution is -0.122. The summed E-state index contributed by atoms with van der Waals surface area (Å²) in [4.78, 5) is 30.9. The normalized spacial score (nSPS) is 27.0. The molecule has 0 radical (unpaired) electrons. The molecular formula is C32H35ClF2N8O3. The standard InChI is InChI=1S/C32H35ClF2N8O3/c33-23-9-24-21(12-37-41-24)26-20(23)4-1-2-5-25(45)38-18-8-19(44)15-42(14-18)30-22-11-36-29(26)27(35)28(22)39-31(40-30)46-16-32-6-3-7-43(32)13-17(34)10-32/h9,11-12,17-19,44H,1-8,10,13-16H2,(H,37,41)(H,38,45)/t17-,18?,19?,32+/m1/s1. The van der Waals surface area contributed by atoms with E-state index in [0.29, 0.717) is 89.9 Å². The highest BCUT2D eigenvalue weighted by atomic mass is 35.5. The first kappa shape index (κ1) is 29.7. The fourth-order valence-electron chi connectivity index (χ4n) is 8.00. The molecule has 0 spiro atoms. The lowest BCUT2D eigenvalue weighted by atomic mass is 9.94. The molecule has 5 aliphatic rings. The number of carbonyl (C=O) groups excluding carboxylic acids is 1. The quantitative estimate of drug-likeness (QED) is 0.299. The number of halogens is 3. The van der Waals surface area contributed by atoms with Gasteiger partial charge in [0.1, 0.15) is 29.8 Å². The van der Waals surface area contributed by atoms with Crippen LogP contribution in [0.2, 0.25) is 5.02 Å². The number of H-pyrrole nitrogens is 1. The van der Waals surface area contributed by atoms with Crippen LogP contribution < -0.4 is 15.0 Å². The summed E-state index contributed by atoms with van der Waals surface area (Å²) in [6.45, 7) is 1.93. The molecule has 4 atom stereocenters. The molecule has 3 saturated heterocycles. The van der Waals surface area contributed by atoms with E-state index >= 15 is 4.39 Å². The van der Waals surface area contributed by atoms with Crippen molar-refractivity contribution in [2.75, 3.05) is 37.7 Å². The molecule has 4 aromatic rings. The fraction of sp³-hybridized carbons (Fsp3) is 0.531. The van der Waals surface area contributed by atoms with Crippen molar-refractivity contribution in [1.82, 2.24) is 35.4 Å². The minimum atomic E-state index is -0.927. The first-order chi connectivity index (χ1) is 22.3. The van der Waals surface area contributed by atoms with Gasteiger partial charge in [0, 0.05) is 60.7 Å². The predicted molar refractivity (Wildman–Crippen MR) is 168 cm³/mol. The number of amides is 1. The number of nitrogens with one attached hydrogen (secondary N) is 2. The number of hydrogen-bond acceptors (Lipinski definition) is 9. The number of nitrogens with zero attached hydrogens (tertiary/aromatic N) is 6. The number of piperidine rings is 1. The van der Waals surface area contributed by atoms with Crippen LogP contribution in [0, 0.1) is 5.82 Å². The zero-order chi connectivity index (χ0) is 31.6. The number of hydrogen-bond donors (Lipinski definition) is 3. The van der Waals surface area contributed by atoms with Crippen LogP contribution in [0.4, 0.5) is 14.6 Å². The molecule has 3 N–H and O–H groups in total. The van der Waals surface area contributed by atoms with Crippen molar-refractivity contribution in [2.24, 2.45) is 0 Å². The van der Waals surface area contributed by atoms with E-state index in [1.807, 2.05) is 4.90 Å². The number of aliphatic hydroxyl groups is 1. The molecule has 0 aliphatic carbocycles. The van der Waals surface area contributed by atoms with E-state index in [4.69, 9.17) is 21.3 Å². The number of alkyl halides is 1. The van der Waals surface area contributed by atoms with Crippen LogP contribution in [0.3, 0.4) is 0 Å². The number of aromatic nitrogens is 5. The molecule has 9 rings (SSSR count). The van der Waals surface area contributed by atoms with Crippen LogP contribution in [0.5, 0.6) is 6.01 Å². The van der Waals surface area contributed by atoms with E-state index in [-0.39, 0.29) is 42.3 Å². The Morgan fingerprint density at radius 1 is 1.13 bits per heavy atom. The van der Waals surface area contributed by atoms with E-state index in [0.717, 1.165) is 19.4 Å². The van der Waals surface area contributed by atoms with Crippen molar-refractivity contribution in [3.63, 3.8) is 0 Å². The van der Waals surface area contributed by atoms with Gasteiger partial charge in [0.2, 0.25) is 5.91 Å². The second-order valence-corrected chi connectivity index (χ2v) is 13.6. The molecule has 46 heavy (non-hydrogen) atoms. The summed E-state index contributed by atoms with van der Waals surface area (Å²) in [5.74, 6) is -0.408. The Bertz CT molecular complexity index is 1840. The molecule has 242 valence electrons. The first-order valence-corrected chi connectivity index (χ1v) is 16.4. The minimum Gasteiger partial charge on any atom is -0.461 e. The van der Waals surface area contributed by atoms with Gasteiger partial charge in [-0.15, -0.1) is 0 Å². The number of aliphatic hydroxyl groups excluding tert-OH is 1. The SMILES string of the molecule is O=C1CCCCc2c(Cl)cc3[nH]ncc3c2-c2ncc3c(nc(OC[C@@]45CCCN4C[C@H](F)C5)nc3c2F)N2CC(O)CC(C2)N1. The summed E-state index contributed by atoms with van der Waals surface area (Å²) in [6, 6.07) is 1.39. The number of ether oxygens (including phenoxy) is 1. The van der Waals surface area contributed by atoms with Gasteiger partial charge in [0.25, 0.3) is 0 Å². The Morgan fingerprint density at radius 2 is 2.00 bits per heavy atom.